The zero-order chi connectivity index (χ0) is 28.7. The summed E-state index contributed by atoms with van der Waals surface area (Å²) in [6.07, 6.45) is 4.73. The average Bonchev–Trinajstić information content (AvgIpc) is 3.38. The molecular formula is C35H32FN3O2S. The van der Waals surface area contributed by atoms with Crippen LogP contribution in [0.5, 0.6) is 0 Å². The molecular weight excluding hydrogens is 545 g/mol. The molecule has 0 atom stereocenters. The normalized spacial score (nSPS) is 30.8. The predicted molar refractivity (Wildman–Crippen MR) is 162 cm³/mol. The summed E-state index contributed by atoms with van der Waals surface area (Å²) in [6.45, 7) is 3.18. The number of nitriles is 1. The Bertz CT molecular complexity index is 1740. The molecule has 0 N–H and O–H groups in total. The summed E-state index contributed by atoms with van der Waals surface area (Å²) in [5.41, 5.74) is 3.64. The number of nitrogens with zero attached hydrogens (tertiary/aromatic N) is 3. The number of ether oxygens (including phenoxy) is 1. The molecule has 2 aliphatic heterocycles. The van der Waals surface area contributed by atoms with Gasteiger partial charge in [-0.2, -0.15) is 5.26 Å². The fourth-order valence-electron chi connectivity index (χ4n) is 8.05. The molecule has 0 spiro atoms. The first-order valence-corrected chi connectivity index (χ1v) is 15.7. The first-order chi connectivity index (χ1) is 20.2. The molecule has 4 aliphatic carbocycles. The SMILES string of the molecule is Cc1nc2ccc(-c3cccc(N(CC45CCC(c6ccc(C#N)cc6)(CC4)OC5)C(=O)C45CC(F)(C4)C5)c3)cc2s1. The van der Waals surface area contributed by atoms with Gasteiger partial charge in [-0.05, 0) is 105 Å². The van der Waals surface area contributed by atoms with E-state index in [1.807, 2.05) is 48.2 Å². The molecule has 0 radical (unpaired) electrons. The molecule has 10 rings (SSSR count). The van der Waals surface area contributed by atoms with Crippen molar-refractivity contribution in [1.82, 2.24) is 4.98 Å². The van der Waals surface area contributed by atoms with E-state index in [0.717, 1.165) is 63.3 Å². The highest BCUT2D eigenvalue weighted by molar-refractivity contribution is 7.18. The maximum absolute atomic E-state index is 14.6. The maximum Gasteiger partial charge on any atom is 0.233 e. The first-order valence-electron chi connectivity index (χ1n) is 14.9. The Hall–Kier alpha value is -3.60. The zero-order valence-corrected chi connectivity index (χ0v) is 24.5. The molecule has 3 heterocycles. The lowest BCUT2D eigenvalue weighted by molar-refractivity contribution is -0.213. The summed E-state index contributed by atoms with van der Waals surface area (Å²) in [7, 11) is 0. The Labute approximate surface area is 248 Å². The Morgan fingerprint density at radius 3 is 2.43 bits per heavy atom. The van der Waals surface area contributed by atoms with Gasteiger partial charge in [0.15, 0.2) is 0 Å². The Balaban J connectivity index is 1.10. The number of carbonyl (C=O) groups is 1. The summed E-state index contributed by atoms with van der Waals surface area (Å²) >= 11 is 1.69. The number of aromatic nitrogens is 1. The second-order valence-electron chi connectivity index (χ2n) is 13.3. The number of rotatable bonds is 6. The quantitative estimate of drug-likeness (QED) is 0.234. The van der Waals surface area contributed by atoms with Crippen LogP contribution in [0.25, 0.3) is 21.3 Å². The van der Waals surface area contributed by atoms with Gasteiger partial charge in [-0.1, -0.05) is 30.3 Å². The topological polar surface area (TPSA) is 66.2 Å². The maximum atomic E-state index is 14.6. The van der Waals surface area contributed by atoms with Crippen molar-refractivity contribution in [3.8, 4) is 17.2 Å². The number of benzene rings is 3. The van der Waals surface area contributed by atoms with E-state index in [2.05, 4.69) is 41.4 Å². The predicted octanol–water partition coefficient (Wildman–Crippen LogP) is 7.85. The van der Waals surface area contributed by atoms with Crippen molar-refractivity contribution < 1.29 is 13.9 Å². The molecule has 212 valence electrons. The molecule has 42 heavy (non-hydrogen) atoms. The monoisotopic (exact) mass is 577 g/mol. The van der Waals surface area contributed by atoms with E-state index < -0.39 is 11.1 Å². The average molecular weight is 578 g/mol. The Kier molecular flexibility index (Phi) is 5.55. The molecule has 1 aromatic heterocycles. The van der Waals surface area contributed by atoms with Gasteiger partial charge in [0, 0.05) is 17.6 Å². The highest BCUT2D eigenvalue weighted by Gasteiger charge is 2.73. The smallest absolute Gasteiger partial charge is 0.233 e. The van der Waals surface area contributed by atoms with Crippen molar-refractivity contribution in [1.29, 1.82) is 5.26 Å². The second kappa shape index (κ2) is 8.95. The molecule has 4 bridgehead atoms. The van der Waals surface area contributed by atoms with Gasteiger partial charge in [-0.15, -0.1) is 11.3 Å². The van der Waals surface area contributed by atoms with Crippen LogP contribution < -0.4 is 4.90 Å². The zero-order valence-electron chi connectivity index (χ0n) is 23.7. The van der Waals surface area contributed by atoms with Gasteiger partial charge >= 0.3 is 0 Å². The van der Waals surface area contributed by atoms with Crippen molar-refractivity contribution in [3.63, 3.8) is 0 Å². The molecule has 4 aromatic rings. The molecule has 6 aliphatic rings. The highest BCUT2D eigenvalue weighted by Crippen LogP contribution is 2.70. The molecule has 1 amide bonds. The van der Waals surface area contributed by atoms with Gasteiger partial charge in [0.25, 0.3) is 0 Å². The van der Waals surface area contributed by atoms with Crippen LogP contribution in [0.4, 0.5) is 10.1 Å². The molecule has 5 nitrogen and oxygen atoms in total. The first kappa shape index (κ1) is 26.1. The van der Waals surface area contributed by atoms with Crippen LogP contribution in [0.3, 0.4) is 0 Å². The van der Waals surface area contributed by atoms with Crippen molar-refractivity contribution in [2.75, 3.05) is 18.1 Å². The highest BCUT2D eigenvalue weighted by atomic mass is 32.1. The van der Waals surface area contributed by atoms with Gasteiger partial charge in [-0.3, -0.25) is 4.79 Å². The van der Waals surface area contributed by atoms with E-state index in [4.69, 9.17) is 4.74 Å². The van der Waals surface area contributed by atoms with Crippen LogP contribution in [0.1, 0.15) is 61.1 Å². The van der Waals surface area contributed by atoms with Crippen molar-refractivity contribution in [2.24, 2.45) is 10.8 Å². The third kappa shape index (κ3) is 3.95. The summed E-state index contributed by atoms with van der Waals surface area (Å²) in [6, 6.07) is 24.6. The van der Waals surface area contributed by atoms with Gasteiger partial charge in [-0.25, -0.2) is 9.37 Å². The van der Waals surface area contributed by atoms with Crippen molar-refractivity contribution in [3.05, 3.63) is 82.9 Å². The van der Waals surface area contributed by atoms with Gasteiger partial charge < -0.3 is 9.64 Å². The van der Waals surface area contributed by atoms with Crippen molar-refractivity contribution in [2.45, 2.75) is 63.1 Å². The fraction of sp³-hybridized carbons (Fsp3) is 0.400. The summed E-state index contributed by atoms with van der Waals surface area (Å²) in [5.74, 6) is 0.0663. The van der Waals surface area contributed by atoms with Gasteiger partial charge in [0.2, 0.25) is 5.91 Å². The molecule has 3 aromatic carbocycles. The lowest BCUT2D eigenvalue weighted by Crippen LogP contribution is -2.71. The van der Waals surface area contributed by atoms with E-state index in [9.17, 15) is 14.4 Å². The number of hydrogen-bond acceptors (Lipinski definition) is 5. The van der Waals surface area contributed by atoms with Crippen molar-refractivity contribution >= 4 is 33.1 Å². The number of anilines is 1. The Morgan fingerprint density at radius 2 is 1.76 bits per heavy atom. The van der Waals surface area contributed by atoms with Gasteiger partial charge in [0.05, 0.1) is 44.5 Å². The minimum Gasteiger partial charge on any atom is -0.370 e. The van der Waals surface area contributed by atoms with E-state index in [1.54, 1.807) is 11.3 Å². The lowest BCUT2D eigenvalue weighted by atomic mass is 9.41. The molecule has 7 heteroatoms. The third-order valence-electron chi connectivity index (χ3n) is 10.5. The largest absolute Gasteiger partial charge is 0.370 e. The van der Waals surface area contributed by atoms with E-state index in [1.165, 1.54) is 0 Å². The minimum atomic E-state index is -1.14. The lowest BCUT2D eigenvalue weighted by Gasteiger charge is -2.65. The molecule has 2 saturated heterocycles. The van der Waals surface area contributed by atoms with Crippen LogP contribution in [-0.2, 0) is 15.1 Å². The fourth-order valence-corrected chi connectivity index (χ4v) is 8.92. The Morgan fingerprint density at radius 1 is 1.02 bits per heavy atom. The van der Waals surface area contributed by atoms with Gasteiger partial charge in [0.1, 0.15) is 5.67 Å². The van der Waals surface area contributed by atoms with E-state index in [0.29, 0.717) is 38.0 Å². The number of alkyl halides is 1. The molecule has 0 unspecified atom stereocenters. The van der Waals surface area contributed by atoms with Crippen LogP contribution >= 0.6 is 11.3 Å². The van der Waals surface area contributed by atoms with E-state index >= 15 is 0 Å². The van der Waals surface area contributed by atoms with Crippen LogP contribution in [0.2, 0.25) is 0 Å². The number of amides is 1. The molecule has 6 fully saturated rings. The standard InChI is InChI=1S/C35H32FN3O2S/c1-23-38-29-10-7-26(16-30(29)42-23)25-3-2-4-28(15-25)39(31(40)33-18-34(36,19-33)20-33)21-32-11-13-35(14-12-32,41-22-32)27-8-5-24(17-37)6-9-27/h2-10,15-16H,11-14,18-22H2,1H3. The van der Waals surface area contributed by atoms with Crippen LogP contribution in [0, 0.1) is 29.1 Å². The summed E-state index contributed by atoms with van der Waals surface area (Å²) in [4.78, 5) is 20.8. The summed E-state index contributed by atoms with van der Waals surface area (Å²) in [5, 5.41) is 10.3. The molecule has 4 saturated carbocycles. The number of carbonyl (C=O) groups excluding carboxylic acids is 1. The van der Waals surface area contributed by atoms with Crippen LogP contribution in [-0.4, -0.2) is 29.7 Å². The minimum absolute atomic E-state index is 0.0663. The second-order valence-corrected chi connectivity index (χ2v) is 14.5. The number of thiazole rings is 1. The number of halogens is 1. The third-order valence-corrected chi connectivity index (χ3v) is 11.4. The van der Waals surface area contributed by atoms with Crippen LogP contribution in [0.15, 0.2) is 66.7 Å². The number of fused-ring (bicyclic) bond motifs is 4. The number of aryl methyl sites for hydroxylation is 1. The summed E-state index contributed by atoms with van der Waals surface area (Å²) < 4.78 is 22.4. The number of hydrogen-bond donors (Lipinski definition) is 0. The van der Waals surface area contributed by atoms with E-state index in [-0.39, 0.29) is 16.9 Å².